The average molecular weight is 288 g/mol. The van der Waals surface area contributed by atoms with E-state index < -0.39 is 24.3 Å². The Kier molecular flexibility index (Phi) is 7.43. The molecule has 1 aliphatic heterocycles. The van der Waals surface area contributed by atoms with Crippen molar-refractivity contribution in [2.24, 2.45) is 0 Å². The smallest absolute Gasteiger partial charge is 0.240 e. The maximum absolute atomic E-state index is 12.1. The minimum absolute atomic E-state index is 0.262. The normalized spacial score (nSPS) is 30.6. The maximum Gasteiger partial charge on any atom is 0.240 e. The fourth-order valence-electron chi connectivity index (χ4n) is 2.84. The highest BCUT2D eigenvalue weighted by atomic mass is 16.3. The van der Waals surface area contributed by atoms with Crippen LogP contribution >= 0.6 is 0 Å². The molecular weight excluding hydrogens is 260 g/mol. The summed E-state index contributed by atoms with van der Waals surface area (Å²) in [5.74, 6) is -0.287. The van der Waals surface area contributed by atoms with E-state index in [2.05, 4.69) is 12.2 Å². The van der Waals surface area contributed by atoms with Gasteiger partial charge < -0.3 is 20.6 Å². The van der Waals surface area contributed by atoms with Crippen LogP contribution in [0.1, 0.15) is 39.5 Å². The van der Waals surface area contributed by atoms with Crippen LogP contribution in [0.3, 0.4) is 0 Å². The monoisotopic (exact) mass is 288 g/mol. The Morgan fingerprint density at radius 3 is 2.40 bits per heavy atom. The molecule has 0 spiro atoms. The van der Waals surface area contributed by atoms with Crippen molar-refractivity contribution in [3.05, 3.63) is 0 Å². The summed E-state index contributed by atoms with van der Waals surface area (Å²) in [5.41, 5.74) is 0. The van der Waals surface area contributed by atoms with Crippen LogP contribution in [-0.2, 0) is 4.79 Å². The average Bonchev–Trinajstić information content (AvgIpc) is 2.67. The van der Waals surface area contributed by atoms with Gasteiger partial charge in [0.25, 0.3) is 0 Å². The van der Waals surface area contributed by atoms with Gasteiger partial charge in [-0.15, -0.1) is 0 Å². The number of likely N-dealkylation sites (N-methyl/N-ethyl adjacent to an activating group) is 1. The number of hydrogen-bond donors (Lipinski definition) is 4. The standard InChI is InChI=1S/C14H28N2O4/c1-3-5-6-7-8-16-10(9-17)12(18)13(19)11(16)14(20)15-4-2/h10-13,17-19H,3-9H2,1-2H3,(H,15,20)/t10-,11+,12-,13-/m1/s1. The Balaban J connectivity index is 2.72. The lowest BCUT2D eigenvalue weighted by Crippen LogP contribution is -2.50. The lowest BCUT2D eigenvalue weighted by Gasteiger charge is -2.28. The zero-order valence-corrected chi connectivity index (χ0v) is 12.5. The topological polar surface area (TPSA) is 93.0 Å². The molecule has 0 radical (unpaired) electrons. The number of aliphatic hydroxyl groups excluding tert-OH is 3. The molecule has 6 nitrogen and oxygen atoms in total. The summed E-state index contributed by atoms with van der Waals surface area (Å²) in [4.78, 5) is 13.8. The molecule has 0 aromatic rings. The molecule has 4 atom stereocenters. The first-order valence-electron chi connectivity index (χ1n) is 7.58. The first kappa shape index (κ1) is 17.4. The zero-order valence-electron chi connectivity index (χ0n) is 12.5. The van der Waals surface area contributed by atoms with Crippen LogP contribution in [0.5, 0.6) is 0 Å². The summed E-state index contributed by atoms with van der Waals surface area (Å²) in [6, 6.07) is -1.34. The Bertz CT molecular complexity index is 301. The van der Waals surface area contributed by atoms with Crippen molar-refractivity contribution < 1.29 is 20.1 Å². The van der Waals surface area contributed by atoms with Crippen molar-refractivity contribution in [2.75, 3.05) is 19.7 Å². The van der Waals surface area contributed by atoms with Crippen LogP contribution in [0.25, 0.3) is 0 Å². The van der Waals surface area contributed by atoms with Crippen molar-refractivity contribution in [2.45, 2.75) is 63.8 Å². The molecule has 118 valence electrons. The number of rotatable bonds is 8. The number of amides is 1. The summed E-state index contributed by atoms with van der Waals surface area (Å²) < 4.78 is 0. The molecular formula is C14H28N2O4. The number of carbonyl (C=O) groups excluding carboxylic acids is 1. The third-order valence-electron chi connectivity index (χ3n) is 3.93. The molecule has 1 saturated heterocycles. The van der Waals surface area contributed by atoms with E-state index in [1.165, 1.54) is 0 Å². The Morgan fingerprint density at radius 1 is 1.15 bits per heavy atom. The Hall–Kier alpha value is -0.690. The lowest BCUT2D eigenvalue weighted by molar-refractivity contribution is -0.128. The van der Waals surface area contributed by atoms with Crippen LogP contribution in [0.15, 0.2) is 0 Å². The molecule has 0 aromatic carbocycles. The maximum atomic E-state index is 12.1. The highest BCUT2D eigenvalue weighted by Crippen LogP contribution is 2.26. The third kappa shape index (κ3) is 3.91. The summed E-state index contributed by atoms with van der Waals surface area (Å²) in [7, 11) is 0. The minimum Gasteiger partial charge on any atom is -0.395 e. The number of carbonyl (C=O) groups is 1. The molecule has 20 heavy (non-hydrogen) atoms. The molecule has 1 aliphatic rings. The van der Waals surface area contributed by atoms with Crippen LogP contribution in [0.4, 0.5) is 0 Å². The van der Waals surface area contributed by atoms with Crippen LogP contribution < -0.4 is 5.32 Å². The van der Waals surface area contributed by atoms with E-state index >= 15 is 0 Å². The van der Waals surface area contributed by atoms with Crippen molar-refractivity contribution in [3.63, 3.8) is 0 Å². The Labute approximate surface area is 120 Å². The molecule has 6 heteroatoms. The van der Waals surface area contributed by atoms with E-state index in [4.69, 9.17) is 0 Å². The predicted octanol–water partition coefficient (Wildman–Crippen LogP) is -0.530. The number of nitrogens with zero attached hydrogens (tertiary/aromatic N) is 1. The molecule has 1 amide bonds. The fourth-order valence-corrected chi connectivity index (χ4v) is 2.84. The van der Waals surface area contributed by atoms with Gasteiger partial charge in [0.1, 0.15) is 12.1 Å². The van der Waals surface area contributed by atoms with Crippen molar-refractivity contribution in [1.29, 1.82) is 0 Å². The summed E-state index contributed by atoms with van der Waals surface area (Å²) in [6.45, 7) is 4.75. The lowest BCUT2D eigenvalue weighted by atomic mass is 10.1. The molecule has 0 aliphatic carbocycles. The van der Waals surface area contributed by atoms with Gasteiger partial charge in [0.05, 0.1) is 18.8 Å². The predicted molar refractivity (Wildman–Crippen MR) is 76.2 cm³/mol. The molecule has 1 rings (SSSR count). The Morgan fingerprint density at radius 2 is 1.85 bits per heavy atom. The first-order valence-corrected chi connectivity index (χ1v) is 7.58. The second kappa shape index (κ2) is 8.56. The van der Waals surface area contributed by atoms with E-state index in [9.17, 15) is 20.1 Å². The largest absolute Gasteiger partial charge is 0.395 e. The fraction of sp³-hybridized carbons (Fsp3) is 0.929. The molecule has 1 heterocycles. The molecule has 4 N–H and O–H groups in total. The second-order valence-corrected chi connectivity index (χ2v) is 5.37. The van der Waals surface area contributed by atoms with E-state index in [-0.39, 0.29) is 12.5 Å². The summed E-state index contributed by atoms with van der Waals surface area (Å²) >= 11 is 0. The number of hydrogen-bond acceptors (Lipinski definition) is 5. The van der Waals surface area contributed by atoms with Crippen LogP contribution in [0, 0.1) is 0 Å². The van der Waals surface area contributed by atoms with Gasteiger partial charge in [-0.3, -0.25) is 9.69 Å². The number of aliphatic hydroxyl groups is 3. The van der Waals surface area contributed by atoms with Gasteiger partial charge in [-0.05, 0) is 19.9 Å². The van der Waals surface area contributed by atoms with Crippen LogP contribution in [-0.4, -0.2) is 70.1 Å². The van der Waals surface area contributed by atoms with Crippen molar-refractivity contribution in [1.82, 2.24) is 10.2 Å². The zero-order chi connectivity index (χ0) is 15.1. The second-order valence-electron chi connectivity index (χ2n) is 5.37. The van der Waals surface area contributed by atoms with Gasteiger partial charge in [-0.2, -0.15) is 0 Å². The van der Waals surface area contributed by atoms with Gasteiger partial charge in [0, 0.05) is 6.54 Å². The van der Waals surface area contributed by atoms with E-state index in [0.717, 1.165) is 25.7 Å². The quantitative estimate of drug-likeness (QED) is 0.451. The van der Waals surface area contributed by atoms with E-state index in [0.29, 0.717) is 13.1 Å². The molecule has 0 bridgehead atoms. The summed E-state index contributed by atoms with van der Waals surface area (Å²) in [5, 5.41) is 32.1. The van der Waals surface area contributed by atoms with Gasteiger partial charge in [-0.25, -0.2) is 0 Å². The van der Waals surface area contributed by atoms with Crippen molar-refractivity contribution >= 4 is 5.91 Å². The first-order chi connectivity index (χ1) is 9.58. The molecule has 0 saturated carbocycles. The van der Waals surface area contributed by atoms with Gasteiger partial charge in [-0.1, -0.05) is 26.2 Å². The number of unbranched alkanes of at least 4 members (excludes halogenated alkanes) is 3. The number of likely N-dealkylation sites (tertiary alicyclic amines) is 1. The highest BCUT2D eigenvalue weighted by Gasteiger charge is 2.50. The third-order valence-corrected chi connectivity index (χ3v) is 3.93. The van der Waals surface area contributed by atoms with E-state index in [1.54, 1.807) is 4.90 Å². The van der Waals surface area contributed by atoms with Gasteiger partial charge in [0.2, 0.25) is 5.91 Å². The van der Waals surface area contributed by atoms with E-state index in [1.807, 2.05) is 6.92 Å². The SMILES string of the molecule is CCCCCCN1[C@H](CO)[C@@H](O)[C@H](O)[C@H]1C(=O)NCC. The van der Waals surface area contributed by atoms with Crippen molar-refractivity contribution in [3.8, 4) is 0 Å². The summed E-state index contributed by atoms with van der Waals surface area (Å²) in [6.07, 6.45) is 1.94. The number of nitrogens with one attached hydrogen (secondary N) is 1. The van der Waals surface area contributed by atoms with Crippen LogP contribution in [0.2, 0.25) is 0 Å². The molecule has 0 aromatic heterocycles. The highest BCUT2D eigenvalue weighted by molar-refractivity contribution is 5.83. The van der Waals surface area contributed by atoms with Gasteiger partial charge in [0.15, 0.2) is 0 Å². The molecule has 1 fully saturated rings. The minimum atomic E-state index is -1.15. The molecule has 0 unspecified atom stereocenters. The van der Waals surface area contributed by atoms with Gasteiger partial charge >= 0.3 is 0 Å².